The van der Waals surface area contributed by atoms with Crippen LogP contribution in [0.3, 0.4) is 0 Å². The van der Waals surface area contributed by atoms with Crippen LogP contribution in [0.4, 0.5) is 0 Å². The second kappa shape index (κ2) is 6.95. The molecule has 2 aromatic rings. The molecular formula is C19H27N5O2. The summed E-state index contributed by atoms with van der Waals surface area (Å²) in [7, 11) is 0. The van der Waals surface area contributed by atoms with Crippen molar-refractivity contribution >= 4 is 0 Å². The van der Waals surface area contributed by atoms with Crippen molar-refractivity contribution in [1.29, 1.82) is 0 Å². The summed E-state index contributed by atoms with van der Waals surface area (Å²) in [6.45, 7) is 11.1. The Labute approximate surface area is 154 Å². The molecule has 4 rings (SSSR count). The zero-order valence-corrected chi connectivity index (χ0v) is 16.0. The highest BCUT2D eigenvalue weighted by atomic mass is 16.5. The number of nitrogens with zero attached hydrogens (tertiary/aromatic N) is 5. The molecule has 1 atom stereocenters. The quantitative estimate of drug-likeness (QED) is 0.832. The Kier molecular flexibility index (Phi) is 4.65. The van der Waals surface area contributed by atoms with Gasteiger partial charge in [0.15, 0.2) is 5.82 Å². The molecule has 1 saturated heterocycles. The Balaban J connectivity index is 1.31. The standard InChI is InChI=1S/C19H27N5O2/c1-11(2)17-22-18(26-23-17)14-5-7-24(8-6-14)10-15-9-16-12(3)20-13(4)21-19(16)25-15/h11,14-15H,5-10H2,1-4H3/t15-/m0/s1. The van der Waals surface area contributed by atoms with Crippen molar-refractivity contribution in [2.75, 3.05) is 19.6 Å². The van der Waals surface area contributed by atoms with E-state index < -0.39 is 0 Å². The second-order valence-corrected chi connectivity index (χ2v) is 7.80. The van der Waals surface area contributed by atoms with Crippen molar-refractivity contribution in [3.63, 3.8) is 0 Å². The van der Waals surface area contributed by atoms with Gasteiger partial charge in [0, 0.05) is 36.1 Å². The number of aryl methyl sites for hydroxylation is 2. The molecule has 0 amide bonds. The summed E-state index contributed by atoms with van der Waals surface area (Å²) >= 11 is 0. The van der Waals surface area contributed by atoms with E-state index in [-0.39, 0.29) is 6.10 Å². The zero-order chi connectivity index (χ0) is 18.3. The van der Waals surface area contributed by atoms with E-state index in [4.69, 9.17) is 9.26 Å². The molecule has 26 heavy (non-hydrogen) atoms. The van der Waals surface area contributed by atoms with Gasteiger partial charge in [-0.2, -0.15) is 9.97 Å². The highest BCUT2D eigenvalue weighted by Crippen LogP contribution is 2.31. The lowest BCUT2D eigenvalue weighted by Gasteiger charge is -2.31. The molecule has 2 aliphatic heterocycles. The lowest BCUT2D eigenvalue weighted by molar-refractivity contribution is 0.121. The average Bonchev–Trinajstić information content (AvgIpc) is 3.22. The van der Waals surface area contributed by atoms with Crippen LogP contribution < -0.4 is 4.74 Å². The molecule has 0 radical (unpaired) electrons. The predicted octanol–water partition coefficient (Wildman–Crippen LogP) is 2.78. The van der Waals surface area contributed by atoms with Crippen molar-refractivity contribution in [2.45, 2.75) is 64.9 Å². The molecule has 0 unspecified atom stereocenters. The van der Waals surface area contributed by atoms with Crippen LogP contribution in [0.25, 0.3) is 0 Å². The highest BCUT2D eigenvalue weighted by molar-refractivity contribution is 5.34. The van der Waals surface area contributed by atoms with Crippen LogP contribution in [0.1, 0.15) is 67.3 Å². The number of piperidine rings is 1. The molecule has 140 valence electrons. The van der Waals surface area contributed by atoms with Crippen molar-refractivity contribution in [2.24, 2.45) is 0 Å². The molecule has 0 N–H and O–H groups in total. The number of aromatic nitrogens is 4. The largest absolute Gasteiger partial charge is 0.472 e. The van der Waals surface area contributed by atoms with Crippen LogP contribution in [0.15, 0.2) is 4.52 Å². The lowest BCUT2D eigenvalue weighted by Crippen LogP contribution is -2.40. The lowest BCUT2D eigenvalue weighted by atomic mass is 9.96. The Morgan fingerprint density at radius 3 is 2.58 bits per heavy atom. The minimum atomic E-state index is 0.173. The molecule has 0 aliphatic carbocycles. The van der Waals surface area contributed by atoms with E-state index in [1.807, 2.05) is 13.8 Å². The number of hydrogen-bond donors (Lipinski definition) is 0. The van der Waals surface area contributed by atoms with E-state index in [1.54, 1.807) is 0 Å². The minimum absolute atomic E-state index is 0.173. The van der Waals surface area contributed by atoms with Gasteiger partial charge in [0.1, 0.15) is 11.9 Å². The Bertz CT molecular complexity index is 780. The normalized spacial score (nSPS) is 21.2. The number of fused-ring (bicyclic) bond motifs is 1. The highest BCUT2D eigenvalue weighted by Gasteiger charge is 2.31. The molecule has 1 fully saturated rings. The molecule has 0 bridgehead atoms. The van der Waals surface area contributed by atoms with Crippen molar-refractivity contribution in [3.8, 4) is 5.88 Å². The summed E-state index contributed by atoms with van der Waals surface area (Å²) in [4.78, 5) is 15.9. The SMILES string of the molecule is Cc1nc(C)c2c(n1)O[C@H](CN1CCC(c3nc(C(C)C)no3)CC1)C2. The predicted molar refractivity (Wildman–Crippen MR) is 96.4 cm³/mol. The Morgan fingerprint density at radius 2 is 1.88 bits per heavy atom. The van der Waals surface area contributed by atoms with Crippen molar-refractivity contribution in [1.82, 2.24) is 25.0 Å². The number of rotatable bonds is 4. The van der Waals surface area contributed by atoms with Gasteiger partial charge in [-0.3, -0.25) is 4.90 Å². The van der Waals surface area contributed by atoms with Crippen LogP contribution in [0.2, 0.25) is 0 Å². The van der Waals surface area contributed by atoms with Crippen LogP contribution >= 0.6 is 0 Å². The first kappa shape index (κ1) is 17.4. The van der Waals surface area contributed by atoms with Crippen LogP contribution in [-0.2, 0) is 6.42 Å². The first-order valence-electron chi connectivity index (χ1n) is 9.56. The maximum atomic E-state index is 6.08. The number of hydrogen-bond acceptors (Lipinski definition) is 7. The van der Waals surface area contributed by atoms with Gasteiger partial charge in [0.2, 0.25) is 11.8 Å². The summed E-state index contributed by atoms with van der Waals surface area (Å²) in [5, 5.41) is 4.10. The molecular weight excluding hydrogens is 330 g/mol. The fraction of sp³-hybridized carbons (Fsp3) is 0.684. The zero-order valence-electron chi connectivity index (χ0n) is 16.0. The maximum absolute atomic E-state index is 6.08. The van der Waals surface area contributed by atoms with Gasteiger partial charge in [0.05, 0.1) is 0 Å². The van der Waals surface area contributed by atoms with E-state index in [0.29, 0.717) is 11.8 Å². The summed E-state index contributed by atoms with van der Waals surface area (Å²) in [6.07, 6.45) is 3.18. The van der Waals surface area contributed by atoms with Gasteiger partial charge in [-0.1, -0.05) is 19.0 Å². The van der Waals surface area contributed by atoms with Crippen molar-refractivity contribution in [3.05, 3.63) is 28.8 Å². The smallest absolute Gasteiger partial charge is 0.229 e. The van der Waals surface area contributed by atoms with Gasteiger partial charge in [-0.25, -0.2) is 4.98 Å². The summed E-state index contributed by atoms with van der Waals surface area (Å²) in [5.41, 5.74) is 2.22. The molecule has 0 spiro atoms. The van der Waals surface area contributed by atoms with Gasteiger partial charge in [-0.05, 0) is 39.8 Å². The minimum Gasteiger partial charge on any atom is -0.472 e. The molecule has 2 aromatic heterocycles. The third-order valence-corrected chi connectivity index (χ3v) is 5.37. The maximum Gasteiger partial charge on any atom is 0.229 e. The van der Waals surface area contributed by atoms with E-state index in [1.165, 1.54) is 5.56 Å². The molecule has 2 aliphatic rings. The van der Waals surface area contributed by atoms with E-state index in [2.05, 4.69) is 38.9 Å². The first-order chi connectivity index (χ1) is 12.5. The van der Waals surface area contributed by atoms with Gasteiger partial charge < -0.3 is 9.26 Å². The van der Waals surface area contributed by atoms with E-state index in [0.717, 1.165) is 68.0 Å². The summed E-state index contributed by atoms with van der Waals surface area (Å²) in [6, 6.07) is 0. The molecule has 7 nitrogen and oxygen atoms in total. The molecule has 0 saturated carbocycles. The van der Waals surface area contributed by atoms with Crippen LogP contribution in [0.5, 0.6) is 5.88 Å². The number of ether oxygens (including phenoxy) is 1. The van der Waals surface area contributed by atoms with E-state index in [9.17, 15) is 0 Å². The molecule has 4 heterocycles. The Morgan fingerprint density at radius 1 is 1.12 bits per heavy atom. The van der Waals surface area contributed by atoms with Gasteiger partial charge in [-0.15, -0.1) is 0 Å². The monoisotopic (exact) mass is 357 g/mol. The summed E-state index contributed by atoms with van der Waals surface area (Å²) in [5.74, 6) is 3.86. The molecule has 7 heteroatoms. The molecule has 0 aromatic carbocycles. The van der Waals surface area contributed by atoms with Crippen LogP contribution in [-0.4, -0.2) is 50.7 Å². The Hall–Kier alpha value is -2.02. The number of likely N-dealkylation sites (tertiary alicyclic amines) is 1. The van der Waals surface area contributed by atoms with Gasteiger partial charge in [0.25, 0.3) is 0 Å². The van der Waals surface area contributed by atoms with Crippen LogP contribution in [0, 0.1) is 13.8 Å². The van der Waals surface area contributed by atoms with E-state index >= 15 is 0 Å². The third kappa shape index (κ3) is 3.45. The first-order valence-corrected chi connectivity index (χ1v) is 9.56. The fourth-order valence-corrected chi connectivity index (χ4v) is 3.86. The second-order valence-electron chi connectivity index (χ2n) is 7.80. The third-order valence-electron chi connectivity index (χ3n) is 5.37. The average molecular weight is 357 g/mol. The topological polar surface area (TPSA) is 77.2 Å². The summed E-state index contributed by atoms with van der Waals surface area (Å²) < 4.78 is 11.6. The van der Waals surface area contributed by atoms with Crippen molar-refractivity contribution < 1.29 is 9.26 Å². The van der Waals surface area contributed by atoms with Gasteiger partial charge >= 0.3 is 0 Å². The fourth-order valence-electron chi connectivity index (χ4n) is 3.86.